The Morgan fingerprint density at radius 2 is 2.11 bits per heavy atom. The minimum absolute atomic E-state index is 0.131. The summed E-state index contributed by atoms with van der Waals surface area (Å²) >= 11 is 1.77. The summed E-state index contributed by atoms with van der Waals surface area (Å²) in [6.45, 7) is 8.08. The first-order chi connectivity index (χ1) is 8.97. The maximum Gasteiger partial charge on any atom is 0.0981 e. The number of nitrogens with zero attached hydrogens (tertiary/aromatic N) is 1. The zero-order valence-electron chi connectivity index (χ0n) is 12.3. The van der Waals surface area contributed by atoms with Gasteiger partial charge in [-0.15, -0.1) is 11.3 Å². The lowest BCUT2D eigenvalue weighted by Gasteiger charge is -2.17. The Hall–Kier alpha value is -0.450. The number of nitrogens with one attached hydrogen (secondary N) is 1. The quantitative estimate of drug-likeness (QED) is 0.872. The second kappa shape index (κ2) is 6.33. The molecule has 1 aromatic heterocycles. The number of hydrogen-bond donors (Lipinski definition) is 2. The molecule has 2 rings (SSSR count). The van der Waals surface area contributed by atoms with Crippen LogP contribution >= 0.6 is 11.3 Å². The van der Waals surface area contributed by atoms with E-state index in [1.165, 1.54) is 35.6 Å². The van der Waals surface area contributed by atoms with Crippen LogP contribution < -0.4 is 5.32 Å². The first kappa shape index (κ1) is 14.9. The normalized spacial score (nSPS) is 18.9. The summed E-state index contributed by atoms with van der Waals surface area (Å²) in [6.07, 6.45) is 6.73. The molecule has 108 valence electrons. The zero-order valence-corrected chi connectivity index (χ0v) is 13.1. The van der Waals surface area contributed by atoms with Crippen molar-refractivity contribution in [1.82, 2.24) is 10.3 Å². The molecule has 2 N–H and O–H groups in total. The largest absolute Gasteiger partial charge is 0.392 e. The molecule has 0 saturated heterocycles. The highest BCUT2D eigenvalue weighted by molar-refractivity contribution is 7.11. The van der Waals surface area contributed by atoms with Crippen molar-refractivity contribution in [2.24, 2.45) is 5.92 Å². The van der Waals surface area contributed by atoms with E-state index in [0.29, 0.717) is 12.5 Å². The molecule has 1 saturated carbocycles. The van der Waals surface area contributed by atoms with E-state index in [2.05, 4.69) is 31.1 Å². The molecule has 0 amide bonds. The summed E-state index contributed by atoms with van der Waals surface area (Å²) < 4.78 is 0. The van der Waals surface area contributed by atoms with E-state index in [1.54, 1.807) is 11.3 Å². The van der Waals surface area contributed by atoms with Crippen LogP contribution in [0.4, 0.5) is 0 Å². The molecule has 0 spiro atoms. The van der Waals surface area contributed by atoms with Gasteiger partial charge in [0.2, 0.25) is 0 Å². The molecule has 0 aliphatic heterocycles. The van der Waals surface area contributed by atoms with Crippen molar-refractivity contribution in [2.45, 2.75) is 64.5 Å². The number of rotatable bonds is 5. The molecule has 1 atom stereocenters. The predicted molar refractivity (Wildman–Crippen MR) is 80.5 cm³/mol. The zero-order chi connectivity index (χ0) is 13.9. The highest BCUT2D eigenvalue weighted by Crippen LogP contribution is 2.28. The second-order valence-corrected chi connectivity index (χ2v) is 7.74. The van der Waals surface area contributed by atoms with Gasteiger partial charge in [0.15, 0.2) is 0 Å². The van der Waals surface area contributed by atoms with Crippen LogP contribution in [0, 0.1) is 5.92 Å². The third-order valence-electron chi connectivity index (χ3n) is 3.79. The molecule has 19 heavy (non-hydrogen) atoms. The van der Waals surface area contributed by atoms with Gasteiger partial charge in [0.05, 0.1) is 11.1 Å². The Bertz CT molecular complexity index is 391. The van der Waals surface area contributed by atoms with Crippen LogP contribution in [0.2, 0.25) is 0 Å². The van der Waals surface area contributed by atoms with E-state index < -0.39 is 0 Å². The Balaban J connectivity index is 1.74. The predicted octanol–water partition coefficient (Wildman–Crippen LogP) is 3.08. The number of aromatic nitrogens is 1. The lowest BCUT2D eigenvalue weighted by molar-refractivity contribution is 0.109. The fourth-order valence-electron chi connectivity index (χ4n) is 2.59. The van der Waals surface area contributed by atoms with E-state index in [4.69, 9.17) is 0 Å². The second-order valence-electron chi connectivity index (χ2n) is 6.62. The van der Waals surface area contributed by atoms with Gasteiger partial charge in [-0.05, 0) is 18.8 Å². The van der Waals surface area contributed by atoms with Crippen LogP contribution in [0.1, 0.15) is 56.3 Å². The molecule has 1 heterocycles. The molecule has 0 aromatic carbocycles. The highest BCUT2D eigenvalue weighted by Gasteiger charge is 2.23. The van der Waals surface area contributed by atoms with Crippen LogP contribution in [-0.4, -0.2) is 22.7 Å². The third-order valence-corrected chi connectivity index (χ3v) is 5.21. The smallest absolute Gasteiger partial charge is 0.0981 e. The molecule has 0 radical (unpaired) electrons. The lowest BCUT2D eigenvalue weighted by Crippen LogP contribution is -2.31. The first-order valence-corrected chi connectivity index (χ1v) is 8.12. The van der Waals surface area contributed by atoms with Crippen LogP contribution in [-0.2, 0) is 12.0 Å². The minimum atomic E-state index is -0.183. The van der Waals surface area contributed by atoms with Crippen LogP contribution in [0.25, 0.3) is 0 Å². The number of aliphatic hydroxyl groups excluding tert-OH is 1. The Morgan fingerprint density at radius 1 is 1.42 bits per heavy atom. The maximum absolute atomic E-state index is 10.1. The number of thiazole rings is 1. The average Bonchev–Trinajstić information content (AvgIpc) is 2.99. The van der Waals surface area contributed by atoms with E-state index in [-0.39, 0.29) is 11.5 Å². The molecular formula is C15H26N2OS. The monoisotopic (exact) mass is 282 g/mol. The topological polar surface area (TPSA) is 45.2 Å². The fourth-order valence-corrected chi connectivity index (χ4v) is 3.53. The van der Waals surface area contributed by atoms with Crippen molar-refractivity contribution in [3.8, 4) is 0 Å². The summed E-state index contributed by atoms with van der Waals surface area (Å²) in [4.78, 5) is 5.73. The average molecular weight is 282 g/mol. The van der Waals surface area contributed by atoms with Gasteiger partial charge in [0, 0.05) is 29.6 Å². The molecule has 1 unspecified atom stereocenters. The molecule has 1 aliphatic rings. The molecule has 0 bridgehead atoms. The van der Waals surface area contributed by atoms with Gasteiger partial charge in [0.25, 0.3) is 0 Å². The Kier molecular flexibility index (Phi) is 4.98. The minimum Gasteiger partial charge on any atom is -0.392 e. The first-order valence-electron chi connectivity index (χ1n) is 7.31. The maximum atomic E-state index is 10.1. The molecule has 4 heteroatoms. The number of aliphatic hydroxyl groups is 1. The van der Waals surface area contributed by atoms with Gasteiger partial charge in [0.1, 0.15) is 0 Å². The standard InChI is InChI=1S/C15H26N2OS/c1-15(2,3)14-17-9-12(19-14)8-16-10-13(18)11-6-4-5-7-11/h9,11,13,16,18H,4-8,10H2,1-3H3. The van der Waals surface area contributed by atoms with Crippen molar-refractivity contribution in [2.75, 3.05) is 6.54 Å². The van der Waals surface area contributed by atoms with Crippen molar-refractivity contribution < 1.29 is 5.11 Å². The van der Waals surface area contributed by atoms with Gasteiger partial charge in [-0.2, -0.15) is 0 Å². The van der Waals surface area contributed by atoms with Gasteiger partial charge in [-0.25, -0.2) is 4.98 Å². The summed E-state index contributed by atoms with van der Waals surface area (Å²) in [5.41, 5.74) is 0.131. The number of hydrogen-bond acceptors (Lipinski definition) is 4. The van der Waals surface area contributed by atoms with Crippen molar-refractivity contribution in [3.63, 3.8) is 0 Å². The highest BCUT2D eigenvalue weighted by atomic mass is 32.1. The van der Waals surface area contributed by atoms with Gasteiger partial charge >= 0.3 is 0 Å². The summed E-state index contributed by atoms with van der Waals surface area (Å²) in [6, 6.07) is 0. The van der Waals surface area contributed by atoms with Gasteiger partial charge in [-0.3, -0.25) is 0 Å². The fraction of sp³-hybridized carbons (Fsp3) is 0.800. The van der Waals surface area contributed by atoms with E-state index in [9.17, 15) is 5.11 Å². The Morgan fingerprint density at radius 3 is 2.68 bits per heavy atom. The summed E-state index contributed by atoms with van der Waals surface area (Å²) in [5, 5.41) is 14.6. The van der Waals surface area contributed by atoms with Crippen molar-refractivity contribution in [1.29, 1.82) is 0 Å². The SMILES string of the molecule is CC(C)(C)c1ncc(CNCC(O)C2CCCC2)s1. The van der Waals surface area contributed by atoms with Crippen molar-refractivity contribution in [3.05, 3.63) is 16.1 Å². The van der Waals surface area contributed by atoms with Crippen LogP contribution in [0.5, 0.6) is 0 Å². The van der Waals surface area contributed by atoms with Gasteiger partial charge < -0.3 is 10.4 Å². The van der Waals surface area contributed by atoms with Crippen molar-refractivity contribution >= 4 is 11.3 Å². The molecule has 1 aliphatic carbocycles. The van der Waals surface area contributed by atoms with E-state index in [0.717, 1.165) is 6.54 Å². The lowest BCUT2D eigenvalue weighted by atomic mass is 9.98. The summed E-state index contributed by atoms with van der Waals surface area (Å²) in [5.74, 6) is 0.513. The van der Waals surface area contributed by atoms with E-state index in [1.807, 2.05) is 6.20 Å². The molecule has 1 aromatic rings. The molecule has 3 nitrogen and oxygen atoms in total. The van der Waals surface area contributed by atoms with E-state index >= 15 is 0 Å². The third kappa shape index (κ3) is 4.26. The molecule has 1 fully saturated rings. The van der Waals surface area contributed by atoms with Crippen LogP contribution in [0.3, 0.4) is 0 Å². The van der Waals surface area contributed by atoms with Gasteiger partial charge in [-0.1, -0.05) is 33.6 Å². The molecular weight excluding hydrogens is 256 g/mol. The van der Waals surface area contributed by atoms with Crippen LogP contribution in [0.15, 0.2) is 6.20 Å². The summed E-state index contributed by atoms with van der Waals surface area (Å²) in [7, 11) is 0. The Labute approximate surface area is 120 Å².